The van der Waals surface area contributed by atoms with Gasteiger partial charge in [-0.2, -0.15) is 0 Å². The maximum absolute atomic E-state index is 13.2. The number of likely N-dealkylation sites (tertiary alicyclic amines) is 1. The van der Waals surface area contributed by atoms with Gasteiger partial charge in [-0.05, 0) is 26.2 Å². The summed E-state index contributed by atoms with van der Waals surface area (Å²) in [4.78, 5) is 13.6. The second-order valence-electron chi connectivity index (χ2n) is 5.66. The van der Waals surface area contributed by atoms with Crippen LogP contribution < -0.4 is 0 Å². The summed E-state index contributed by atoms with van der Waals surface area (Å²) in [7, 11) is 0. The third-order valence-electron chi connectivity index (χ3n) is 3.75. The number of aliphatic hydroxyl groups is 1. The van der Waals surface area contributed by atoms with Gasteiger partial charge in [0, 0.05) is 31.8 Å². The van der Waals surface area contributed by atoms with E-state index in [9.17, 15) is 18.7 Å². The van der Waals surface area contributed by atoms with Crippen LogP contribution in [-0.2, 0) is 4.79 Å². The SMILES string of the molecule is CC1(O)CCN(C(=O)C2CCCC(F)(F)C2)C1. The van der Waals surface area contributed by atoms with E-state index in [0.717, 1.165) is 0 Å². The molecule has 0 bridgehead atoms. The molecule has 1 N–H and O–H groups in total. The summed E-state index contributed by atoms with van der Waals surface area (Å²) in [6, 6.07) is 0. The molecule has 1 aliphatic heterocycles. The average Bonchev–Trinajstić information content (AvgIpc) is 2.56. The Kier molecular flexibility index (Phi) is 3.14. The van der Waals surface area contributed by atoms with Crippen LogP contribution in [0.5, 0.6) is 0 Å². The number of carbonyl (C=O) groups is 1. The second-order valence-corrected chi connectivity index (χ2v) is 5.66. The number of β-amino-alcohol motifs (C(OH)–C–C–N with tert-alkyl or cyclic N) is 1. The Morgan fingerprint density at radius 3 is 2.65 bits per heavy atom. The summed E-state index contributed by atoms with van der Waals surface area (Å²) in [5, 5.41) is 9.77. The molecule has 17 heavy (non-hydrogen) atoms. The number of nitrogens with zero attached hydrogens (tertiary/aromatic N) is 1. The van der Waals surface area contributed by atoms with Gasteiger partial charge in [0.25, 0.3) is 0 Å². The molecule has 2 rings (SSSR count). The van der Waals surface area contributed by atoms with E-state index in [2.05, 4.69) is 0 Å². The first-order valence-electron chi connectivity index (χ1n) is 6.18. The van der Waals surface area contributed by atoms with E-state index >= 15 is 0 Å². The lowest BCUT2D eigenvalue weighted by Crippen LogP contribution is -2.41. The fourth-order valence-corrected chi connectivity index (χ4v) is 2.77. The Morgan fingerprint density at radius 2 is 2.12 bits per heavy atom. The number of alkyl halides is 2. The zero-order chi connectivity index (χ0) is 12.7. The molecule has 0 aromatic rings. The molecule has 0 aromatic heterocycles. The minimum Gasteiger partial charge on any atom is -0.388 e. The van der Waals surface area contributed by atoms with Crippen LogP contribution >= 0.6 is 0 Å². The summed E-state index contributed by atoms with van der Waals surface area (Å²) in [5.74, 6) is -3.46. The predicted molar refractivity (Wildman–Crippen MR) is 58.7 cm³/mol. The molecular formula is C12H19F2NO2. The van der Waals surface area contributed by atoms with Crippen molar-refractivity contribution < 1.29 is 18.7 Å². The van der Waals surface area contributed by atoms with Crippen molar-refractivity contribution in [3.05, 3.63) is 0 Å². The van der Waals surface area contributed by atoms with Crippen molar-refractivity contribution >= 4 is 5.91 Å². The first-order chi connectivity index (χ1) is 7.79. The van der Waals surface area contributed by atoms with Crippen molar-refractivity contribution in [2.45, 2.75) is 50.6 Å². The van der Waals surface area contributed by atoms with Gasteiger partial charge in [-0.15, -0.1) is 0 Å². The largest absolute Gasteiger partial charge is 0.388 e. The molecule has 1 amide bonds. The van der Waals surface area contributed by atoms with Gasteiger partial charge in [0.1, 0.15) is 0 Å². The number of hydrogen-bond donors (Lipinski definition) is 1. The highest BCUT2D eigenvalue weighted by molar-refractivity contribution is 5.79. The van der Waals surface area contributed by atoms with Gasteiger partial charge in [-0.25, -0.2) is 8.78 Å². The van der Waals surface area contributed by atoms with Crippen molar-refractivity contribution in [1.29, 1.82) is 0 Å². The van der Waals surface area contributed by atoms with Crippen LogP contribution in [0.3, 0.4) is 0 Å². The highest BCUT2D eigenvalue weighted by Gasteiger charge is 2.42. The minimum absolute atomic E-state index is 0.103. The summed E-state index contributed by atoms with van der Waals surface area (Å²) in [6.45, 7) is 2.43. The van der Waals surface area contributed by atoms with Gasteiger partial charge >= 0.3 is 0 Å². The topological polar surface area (TPSA) is 40.5 Å². The zero-order valence-corrected chi connectivity index (χ0v) is 10.1. The van der Waals surface area contributed by atoms with Crippen LogP contribution in [0.25, 0.3) is 0 Å². The molecule has 2 atom stereocenters. The normalized spacial score (nSPS) is 37.2. The smallest absolute Gasteiger partial charge is 0.248 e. The van der Waals surface area contributed by atoms with Gasteiger partial charge in [-0.1, -0.05) is 0 Å². The highest BCUT2D eigenvalue weighted by Crippen LogP contribution is 2.38. The molecule has 2 unspecified atom stereocenters. The lowest BCUT2D eigenvalue weighted by molar-refractivity contribution is -0.142. The second kappa shape index (κ2) is 4.19. The summed E-state index contributed by atoms with van der Waals surface area (Å²) in [6.07, 6.45) is 1.06. The third-order valence-corrected chi connectivity index (χ3v) is 3.75. The van der Waals surface area contributed by atoms with E-state index in [0.29, 0.717) is 25.8 Å². The molecule has 1 saturated carbocycles. The van der Waals surface area contributed by atoms with Crippen molar-refractivity contribution in [3.8, 4) is 0 Å². The summed E-state index contributed by atoms with van der Waals surface area (Å²) in [5.41, 5.74) is -0.854. The average molecular weight is 247 g/mol. The van der Waals surface area contributed by atoms with Crippen molar-refractivity contribution in [3.63, 3.8) is 0 Å². The molecule has 2 fully saturated rings. The molecule has 0 aromatic carbocycles. The van der Waals surface area contributed by atoms with Gasteiger partial charge in [0.2, 0.25) is 11.8 Å². The first kappa shape index (κ1) is 12.7. The first-order valence-corrected chi connectivity index (χ1v) is 6.18. The molecule has 1 saturated heterocycles. The maximum Gasteiger partial charge on any atom is 0.248 e. The Labute approximate surface area is 99.8 Å². The van der Waals surface area contributed by atoms with Crippen LogP contribution in [0.1, 0.15) is 39.0 Å². The number of rotatable bonds is 1. The van der Waals surface area contributed by atoms with Crippen LogP contribution in [0.4, 0.5) is 8.78 Å². The van der Waals surface area contributed by atoms with Crippen molar-refractivity contribution in [2.24, 2.45) is 5.92 Å². The van der Waals surface area contributed by atoms with Crippen molar-refractivity contribution in [1.82, 2.24) is 4.90 Å². The van der Waals surface area contributed by atoms with E-state index in [4.69, 9.17) is 0 Å². The Hall–Kier alpha value is -0.710. The Morgan fingerprint density at radius 1 is 1.41 bits per heavy atom. The van der Waals surface area contributed by atoms with Crippen LogP contribution in [0, 0.1) is 5.92 Å². The fraction of sp³-hybridized carbons (Fsp3) is 0.917. The lowest BCUT2D eigenvalue weighted by atomic mass is 9.85. The molecule has 1 heterocycles. The number of hydrogen-bond acceptors (Lipinski definition) is 2. The highest BCUT2D eigenvalue weighted by atomic mass is 19.3. The lowest BCUT2D eigenvalue weighted by Gasteiger charge is -2.31. The van der Waals surface area contributed by atoms with Crippen LogP contribution in [0.2, 0.25) is 0 Å². The zero-order valence-electron chi connectivity index (χ0n) is 10.1. The Balaban J connectivity index is 1.96. The summed E-state index contributed by atoms with van der Waals surface area (Å²) >= 11 is 0. The van der Waals surface area contributed by atoms with Crippen LogP contribution in [-0.4, -0.2) is 40.5 Å². The van der Waals surface area contributed by atoms with Gasteiger partial charge in [-0.3, -0.25) is 4.79 Å². The molecule has 0 spiro atoms. The van der Waals surface area contributed by atoms with Gasteiger partial charge < -0.3 is 10.0 Å². The van der Waals surface area contributed by atoms with E-state index in [1.165, 1.54) is 4.90 Å². The molecule has 0 radical (unpaired) electrons. The van der Waals surface area contributed by atoms with Gasteiger partial charge in [0.05, 0.1) is 5.60 Å². The van der Waals surface area contributed by atoms with E-state index in [-0.39, 0.29) is 25.3 Å². The molecule has 98 valence electrons. The molecule has 1 aliphatic carbocycles. The standard InChI is InChI=1S/C12H19F2NO2/c1-11(17)5-6-15(8-11)10(16)9-3-2-4-12(13,14)7-9/h9,17H,2-8H2,1H3. The van der Waals surface area contributed by atoms with E-state index < -0.39 is 17.4 Å². The quantitative estimate of drug-likeness (QED) is 0.767. The predicted octanol–water partition coefficient (Wildman–Crippen LogP) is 1.80. The van der Waals surface area contributed by atoms with E-state index in [1.807, 2.05) is 0 Å². The number of amides is 1. The molecule has 2 aliphatic rings. The maximum atomic E-state index is 13.2. The van der Waals surface area contributed by atoms with E-state index in [1.54, 1.807) is 6.92 Å². The number of carbonyl (C=O) groups excluding carboxylic acids is 1. The number of halogens is 2. The fourth-order valence-electron chi connectivity index (χ4n) is 2.77. The van der Waals surface area contributed by atoms with Crippen LogP contribution in [0.15, 0.2) is 0 Å². The molecule has 3 nitrogen and oxygen atoms in total. The van der Waals surface area contributed by atoms with Gasteiger partial charge in [0.15, 0.2) is 0 Å². The monoisotopic (exact) mass is 247 g/mol. The molecule has 5 heteroatoms. The molecular weight excluding hydrogens is 228 g/mol. The Bertz CT molecular complexity index is 318. The third kappa shape index (κ3) is 2.94. The van der Waals surface area contributed by atoms with Crippen molar-refractivity contribution in [2.75, 3.05) is 13.1 Å². The minimum atomic E-state index is -2.69. The summed E-state index contributed by atoms with van der Waals surface area (Å²) < 4.78 is 26.5.